The molecule has 0 bridgehead atoms. The first-order chi connectivity index (χ1) is 9.52. The van der Waals surface area contributed by atoms with Crippen LogP contribution in [0.1, 0.15) is 10.4 Å². The van der Waals surface area contributed by atoms with E-state index >= 15 is 0 Å². The standard InChI is InChI=1S/C15H14FNO2S/c1-17(11-4-6-12(19-2)7-5-11)15(18)10-3-8-13(16)14(20)9-10/h3-9,20H,1-2H3. The molecule has 2 aromatic rings. The van der Waals surface area contributed by atoms with E-state index in [1.165, 1.54) is 23.1 Å². The van der Waals surface area contributed by atoms with Crippen LogP contribution in [0.3, 0.4) is 0 Å². The second kappa shape index (κ2) is 5.96. The van der Waals surface area contributed by atoms with E-state index in [0.717, 1.165) is 5.69 Å². The van der Waals surface area contributed by atoms with Crippen LogP contribution < -0.4 is 9.64 Å². The fourth-order valence-corrected chi connectivity index (χ4v) is 1.98. The Morgan fingerprint density at radius 1 is 1.20 bits per heavy atom. The predicted octanol–water partition coefficient (Wildman–Crippen LogP) is 3.40. The summed E-state index contributed by atoms with van der Waals surface area (Å²) in [7, 11) is 3.24. The Hall–Kier alpha value is -2.01. The second-order valence-electron chi connectivity index (χ2n) is 4.23. The molecule has 0 unspecified atom stereocenters. The number of hydrogen-bond donors (Lipinski definition) is 1. The molecule has 0 saturated carbocycles. The average Bonchev–Trinajstić information content (AvgIpc) is 2.48. The van der Waals surface area contributed by atoms with Gasteiger partial charge in [0.15, 0.2) is 0 Å². The van der Waals surface area contributed by atoms with Gasteiger partial charge in [0, 0.05) is 23.2 Å². The fourth-order valence-electron chi connectivity index (χ4n) is 1.76. The van der Waals surface area contributed by atoms with Crippen molar-refractivity contribution in [3.05, 3.63) is 53.8 Å². The van der Waals surface area contributed by atoms with E-state index in [-0.39, 0.29) is 10.8 Å². The number of hydrogen-bond acceptors (Lipinski definition) is 3. The van der Waals surface area contributed by atoms with E-state index in [4.69, 9.17) is 4.74 Å². The highest BCUT2D eigenvalue weighted by Crippen LogP contribution is 2.21. The molecule has 0 atom stereocenters. The molecule has 2 rings (SSSR count). The van der Waals surface area contributed by atoms with Crippen LogP contribution >= 0.6 is 12.6 Å². The molecule has 0 aromatic heterocycles. The first-order valence-corrected chi connectivity index (χ1v) is 6.38. The maximum atomic E-state index is 13.2. The highest BCUT2D eigenvalue weighted by atomic mass is 32.1. The summed E-state index contributed by atoms with van der Waals surface area (Å²) < 4.78 is 18.2. The molecule has 2 aromatic carbocycles. The molecule has 3 nitrogen and oxygen atoms in total. The first-order valence-electron chi connectivity index (χ1n) is 5.93. The molecule has 0 aliphatic rings. The third-order valence-electron chi connectivity index (χ3n) is 2.96. The maximum Gasteiger partial charge on any atom is 0.258 e. The summed E-state index contributed by atoms with van der Waals surface area (Å²) in [5.74, 6) is 0.0384. The lowest BCUT2D eigenvalue weighted by molar-refractivity contribution is 0.0992. The van der Waals surface area contributed by atoms with E-state index in [1.807, 2.05) is 0 Å². The highest BCUT2D eigenvalue weighted by Gasteiger charge is 2.14. The average molecular weight is 291 g/mol. The zero-order valence-corrected chi connectivity index (χ0v) is 12.0. The number of ether oxygens (including phenoxy) is 1. The van der Waals surface area contributed by atoms with Gasteiger partial charge in [0.25, 0.3) is 5.91 Å². The number of halogens is 1. The molecule has 0 heterocycles. The molecular weight excluding hydrogens is 277 g/mol. The van der Waals surface area contributed by atoms with Crippen LogP contribution in [0.5, 0.6) is 5.75 Å². The lowest BCUT2D eigenvalue weighted by Gasteiger charge is -2.18. The van der Waals surface area contributed by atoms with Crippen LogP contribution in [-0.4, -0.2) is 20.1 Å². The minimum absolute atomic E-state index is 0.152. The number of thiol groups is 1. The van der Waals surface area contributed by atoms with Crippen molar-refractivity contribution in [3.63, 3.8) is 0 Å². The first kappa shape index (κ1) is 14.4. The normalized spacial score (nSPS) is 10.2. The number of benzene rings is 2. The molecule has 104 valence electrons. The van der Waals surface area contributed by atoms with Gasteiger partial charge in [-0.25, -0.2) is 4.39 Å². The van der Waals surface area contributed by atoms with Gasteiger partial charge in [0.05, 0.1) is 7.11 Å². The number of methoxy groups -OCH3 is 1. The molecule has 0 aliphatic carbocycles. The largest absolute Gasteiger partial charge is 0.497 e. The monoisotopic (exact) mass is 291 g/mol. The Balaban J connectivity index is 2.24. The molecule has 0 saturated heterocycles. The zero-order valence-electron chi connectivity index (χ0n) is 11.1. The Morgan fingerprint density at radius 3 is 2.40 bits per heavy atom. The van der Waals surface area contributed by atoms with Crippen molar-refractivity contribution in [2.45, 2.75) is 4.90 Å². The number of amides is 1. The topological polar surface area (TPSA) is 29.5 Å². The molecule has 0 radical (unpaired) electrons. The number of carbonyl (C=O) groups is 1. The van der Waals surface area contributed by atoms with Gasteiger partial charge in [0.2, 0.25) is 0 Å². The summed E-state index contributed by atoms with van der Waals surface area (Å²) in [6.07, 6.45) is 0. The predicted molar refractivity (Wildman–Crippen MR) is 79.4 cm³/mol. The summed E-state index contributed by atoms with van der Waals surface area (Å²) in [6.45, 7) is 0. The lowest BCUT2D eigenvalue weighted by atomic mass is 10.2. The zero-order chi connectivity index (χ0) is 14.7. The van der Waals surface area contributed by atoms with E-state index in [1.54, 1.807) is 38.4 Å². The van der Waals surface area contributed by atoms with E-state index in [9.17, 15) is 9.18 Å². The van der Waals surface area contributed by atoms with Gasteiger partial charge in [-0.1, -0.05) is 0 Å². The Morgan fingerprint density at radius 2 is 1.85 bits per heavy atom. The van der Waals surface area contributed by atoms with E-state index in [2.05, 4.69) is 12.6 Å². The Kier molecular flexibility index (Phi) is 4.29. The highest BCUT2D eigenvalue weighted by molar-refractivity contribution is 7.80. The van der Waals surface area contributed by atoms with Crippen LogP contribution in [0, 0.1) is 5.82 Å². The van der Waals surface area contributed by atoms with E-state index < -0.39 is 5.82 Å². The molecule has 20 heavy (non-hydrogen) atoms. The summed E-state index contributed by atoms with van der Waals surface area (Å²) >= 11 is 3.98. The molecular formula is C15H14FNO2S. The smallest absolute Gasteiger partial charge is 0.258 e. The van der Waals surface area contributed by atoms with Crippen LogP contribution in [0.2, 0.25) is 0 Å². The molecule has 0 spiro atoms. The molecule has 1 amide bonds. The van der Waals surface area contributed by atoms with Crippen molar-refractivity contribution in [3.8, 4) is 5.75 Å². The number of anilines is 1. The van der Waals surface area contributed by atoms with Crippen LogP contribution in [0.15, 0.2) is 47.4 Å². The Bertz CT molecular complexity index is 628. The van der Waals surface area contributed by atoms with Gasteiger partial charge >= 0.3 is 0 Å². The summed E-state index contributed by atoms with van der Waals surface area (Å²) in [4.78, 5) is 13.9. The summed E-state index contributed by atoms with van der Waals surface area (Å²) in [6, 6.07) is 11.2. The Labute approximate surface area is 122 Å². The molecule has 0 N–H and O–H groups in total. The minimum Gasteiger partial charge on any atom is -0.497 e. The van der Waals surface area contributed by atoms with Gasteiger partial charge in [-0.2, -0.15) is 0 Å². The van der Waals surface area contributed by atoms with E-state index in [0.29, 0.717) is 11.3 Å². The van der Waals surface area contributed by atoms with Gasteiger partial charge < -0.3 is 9.64 Å². The molecule has 5 heteroatoms. The quantitative estimate of drug-likeness (QED) is 0.878. The van der Waals surface area contributed by atoms with Gasteiger partial charge in [-0.3, -0.25) is 4.79 Å². The van der Waals surface area contributed by atoms with Crippen molar-refractivity contribution >= 4 is 24.2 Å². The van der Waals surface area contributed by atoms with Gasteiger partial charge in [-0.15, -0.1) is 12.6 Å². The number of nitrogens with zero attached hydrogens (tertiary/aromatic N) is 1. The third-order valence-corrected chi connectivity index (χ3v) is 3.30. The molecule has 0 aliphatic heterocycles. The van der Waals surface area contributed by atoms with Crippen molar-refractivity contribution in [2.75, 3.05) is 19.1 Å². The SMILES string of the molecule is COc1ccc(N(C)C(=O)c2ccc(F)c(S)c2)cc1. The van der Waals surface area contributed by atoms with Crippen molar-refractivity contribution in [1.29, 1.82) is 0 Å². The number of rotatable bonds is 3. The van der Waals surface area contributed by atoms with Gasteiger partial charge in [0.1, 0.15) is 11.6 Å². The van der Waals surface area contributed by atoms with Crippen LogP contribution in [0.4, 0.5) is 10.1 Å². The van der Waals surface area contributed by atoms with Crippen molar-refractivity contribution < 1.29 is 13.9 Å². The van der Waals surface area contributed by atoms with Crippen molar-refractivity contribution in [1.82, 2.24) is 0 Å². The minimum atomic E-state index is -0.447. The van der Waals surface area contributed by atoms with Crippen molar-refractivity contribution in [2.24, 2.45) is 0 Å². The van der Waals surface area contributed by atoms with Gasteiger partial charge in [-0.05, 0) is 42.5 Å². The second-order valence-corrected chi connectivity index (χ2v) is 4.71. The third kappa shape index (κ3) is 2.93. The summed E-state index contributed by atoms with van der Waals surface area (Å²) in [5.41, 5.74) is 1.11. The van der Waals surface area contributed by atoms with Crippen LogP contribution in [0.25, 0.3) is 0 Å². The lowest BCUT2D eigenvalue weighted by Crippen LogP contribution is -2.26. The maximum absolute atomic E-state index is 13.2. The van der Waals surface area contributed by atoms with Crippen LogP contribution in [-0.2, 0) is 0 Å². The fraction of sp³-hybridized carbons (Fsp3) is 0.133. The summed E-state index contributed by atoms with van der Waals surface area (Å²) in [5, 5.41) is 0. The number of carbonyl (C=O) groups excluding carboxylic acids is 1. The molecule has 0 fully saturated rings.